The van der Waals surface area contributed by atoms with Gasteiger partial charge in [0.05, 0.1) is 11.9 Å². The summed E-state index contributed by atoms with van der Waals surface area (Å²) in [7, 11) is 4.20. The van der Waals surface area contributed by atoms with Crippen molar-refractivity contribution >= 4 is 5.69 Å². The molecule has 2 rings (SSSR count). The van der Waals surface area contributed by atoms with Crippen molar-refractivity contribution in [1.82, 2.24) is 14.7 Å². The Kier molecular flexibility index (Phi) is 3.66. The summed E-state index contributed by atoms with van der Waals surface area (Å²) in [4.78, 5) is 4.97. The molecule has 0 saturated carbocycles. The van der Waals surface area contributed by atoms with Crippen molar-refractivity contribution in [2.75, 3.05) is 25.0 Å². The van der Waals surface area contributed by atoms with Crippen molar-refractivity contribution in [3.63, 3.8) is 0 Å². The maximum Gasteiger partial charge on any atom is 0.0759 e. The predicted octanol–water partition coefficient (Wildman–Crippen LogP) is 2.12. The third-order valence-electron chi connectivity index (χ3n) is 3.75. The standard InChI is InChI=1S/C14H26N4/c1-14(2,3)18(13-10-15-17(5)11-13)12-6-8-16(4)9-7-12/h10-12H,6-9H2,1-5H3. The molecule has 1 aromatic rings. The maximum atomic E-state index is 4.33. The highest BCUT2D eigenvalue weighted by atomic mass is 15.3. The summed E-state index contributed by atoms with van der Waals surface area (Å²) >= 11 is 0. The fraction of sp³-hybridized carbons (Fsp3) is 0.786. The van der Waals surface area contributed by atoms with Crippen molar-refractivity contribution in [2.24, 2.45) is 7.05 Å². The molecule has 2 heterocycles. The maximum absolute atomic E-state index is 4.33. The number of aromatic nitrogens is 2. The Morgan fingerprint density at radius 1 is 1.22 bits per heavy atom. The molecule has 0 radical (unpaired) electrons. The van der Waals surface area contributed by atoms with E-state index in [-0.39, 0.29) is 5.54 Å². The molecule has 0 bridgehead atoms. The zero-order valence-corrected chi connectivity index (χ0v) is 12.3. The third kappa shape index (κ3) is 2.86. The van der Waals surface area contributed by atoms with Gasteiger partial charge in [-0.05, 0) is 53.8 Å². The van der Waals surface area contributed by atoms with Gasteiger partial charge in [-0.1, -0.05) is 0 Å². The summed E-state index contributed by atoms with van der Waals surface area (Å²) < 4.78 is 1.89. The van der Waals surface area contributed by atoms with Crippen LogP contribution in [0.15, 0.2) is 12.4 Å². The molecule has 1 aliphatic rings. The first-order valence-corrected chi connectivity index (χ1v) is 6.84. The lowest BCUT2D eigenvalue weighted by Crippen LogP contribution is -2.52. The second-order valence-corrected chi connectivity index (χ2v) is 6.45. The Morgan fingerprint density at radius 2 is 1.83 bits per heavy atom. The van der Waals surface area contributed by atoms with Gasteiger partial charge in [0.1, 0.15) is 0 Å². The monoisotopic (exact) mass is 250 g/mol. The molecule has 0 unspecified atom stereocenters. The van der Waals surface area contributed by atoms with Crippen molar-refractivity contribution in [3.8, 4) is 0 Å². The summed E-state index contributed by atoms with van der Waals surface area (Å²) in [5.74, 6) is 0. The Bertz CT molecular complexity index is 383. The quantitative estimate of drug-likeness (QED) is 0.803. The SMILES string of the molecule is CN1CCC(N(c2cnn(C)c2)C(C)(C)C)CC1. The van der Waals surface area contributed by atoms with Gasteiger partial charge < -0.3 is 9.80 Å². The zero-order valence-electron chi connectivity index (χ0n) is 12.3. The van der Waals surface area contributed by atoms with E-state index in [1.165, 1.54) is 31.6 Å². The minimum Gasteiger partial charge on any atom is -0.361 e. The first kappa shape index (κ1) is 13.4. The molecule has 0 spiro atoms. The molecule has 0 aliphatic carbocycles. The largest absolute Gasteiger partial charge is 0.361 e. The van der Waals surface area contributed by atoms with E-state index in [0.717, 1.165) is 0 Å². The highest BCUT2D eigenvalue weighted by Crippen LogP contribution is 2.30. The highest BCUT2D eigenvalue weighted by molar-refractivity contribution is 5.46. The fourth-order valence-corrected chi connectivity index (χ4v) is 2.93. The zero-order chi connectivity index (χ0) is 13.3. The van der Waals surface area contributed by atoms with Crippen molar-refractivity contribution in [2.45, 2.75) is 45.2 Å². The molecule has 0 aromatic carbocycles. The Balaban J connectivity index is 2.21. The Labute approximate surface area is 111 Å². The second-order valence-electron chi connectivity index (χ2n) is 6.45. The molecular formula is C14H26N4. The normalized spacial score (nSPS) is 19.2. The molecular weight excluding hydrogens is 224 g/mol. The second kappa shape index (κ2) is 4.92. The van der Waals surface area contributed by atoms with Gasteiger partial charge in [-0.15, -0.1) is 0 Å². The minimum absolute atomic E-state index is 0.142. The number of anilines is 1. The lowest BCUT2D eigenvalue weighted by Gasteiger charge is -2.45. The van der Waals surface area contributed by atoms with Crippen molar-refractivity contribution in [3.05, 3.63) is 12.4 Å². The molecule has 4 nitrogen and oxygen atoms in total. The molecule has 0 atom stereocenters. The summed E-state index contributed by atoms with van der Waals surface area (Å²) in [6.07, 6.45) is 6.60. The van der Waals surface area contributed by atoms with E-state index in [9.17, 15) is 0 Å². The van der Waals surface area contributed by atoms with E-state index >= 15 is 0 Å². The summed E-state index contributed by atoms with van der Waals surface area (Å²) in [5.41, 5.74) is 1.39. The summed E-state index contributed by atoms with van der Waals surface area (Å²) in [6.45, 7) is 9.25. The number of piperidine rings is 1. The van der Waals surface area contributed by atoms with Crippen LogP contribution < -0.4 is 4.90 Å². The smallest absolute Gasteiger partial charge is 0.0759 e. The summed E-state index contributed by atoms with van der Waals surface area (Å²) in [6, 6.07) is 0.630. The molecule has 1 saturated heterocycles. The van der Waals surface area contributed by atoms with Crippen LogP contribution in [0.2, 0.25) is 0 Å². The molecule has 1 aliphatic heterocycles. The highest BCUT2D eigenvalue weighted by Gasteiger charge is 2.31. The topological polar surface area (TPSA) is 24.3 Å². The van der Waals surface area contributed by atoms with Gasteiger partial charge in [-0.25, -0.2) is 0 Å². The van der Waals surface area contributed by atoms with E-state index < -0.39 is 0 Å². The van der Waals surface area contributed by atoms with E-state index in [1.54, 1.807) is 0 Å². The van der Waals surface area contributed by atoms with Crippen LogP contribution in [0.4, 0.5) is 5.69 Å². The van der Waals surface area contributed by atoms with E-state index in [4.69, 9.17) is 0 Å². The van der Waals surface area contributed by atoms with Gasteiger partial charge in [-0.3, -0.25) is 4.68 Å². The van der Waals surface area contributed by atoms with Crippen LogP contribution in [0.1, 0.15) is 33.6 Å². The Morgan fingerprint density at radius 3 is 2.28 bits per heavy atom. The number of hydrogen-bond donors (Lipinski definition) is 0. The van der Waals surface area contributed by atoms with Crippen LogP contribution >= 0.6 is 0 Å². The van der Waals surface area contributed by atoms with E-state index in [1.807, 2.05) is 17.9 Å². The van der Waals surface area contributed by atoms with Crippen LogP contribution in [0, 0.1) is 0 Å². The van der Waals surface area contributed by atoms with Crippen LogP contribution in [-0.4, -0.2) is 46.4 Å². The first-order chi connectivity index (χ1) is 8.38. The van der Waals surface area contributed by atoms with Gasteiger partial charge in [0.2, 0.25) is 0 Å². The lowest BCUT2D eigenvalue weighted by atomic mass is 9.96. The number of likely N-dealkylation sites (tertiary alicyclic amines) is 1. The first-order valence-electron chi connectivity index (χ1n) is 6.84. The van der Waals surface area contributed by atoms with Gasteiger partial charge >= 0.3 is 0 Å². The molecule has 4 heteroatoms. The molecule has 102 valence electrons. The number of hydrogen-bond acceptors (Lipinski definition) is 3. The van der Waals surface area contributed by atoms with E-state index in [2.05, 4.69) is 48.9 Å². The predicted molar refractivity (Wildman–Crippen MR) is 76.0 cm³/mol. The van der Waals surface area contributed by atoms with Crippen molar-refractivity contribution in [1.29, 1.82) is 0 Å². The van der Waals surface area contributed by atoms with Crippen LogP contribution in [0.25, 0.3) is 0 Å². The van der Waals surface area contributed by atoms with Crippen LogP contribution in [-0.2, 0) is 7.05 Å². The third-order valence-corrected chi connectivity index (χ3v) is 3.75. The van der Waals surface area contributed by atoms with Gasteiger partial charge in [0, 0.05) is 24.8 Å². The summed E-state index contributed by atoms with van der Waals surface area (Å²) in [5, 5.41) is 4.33. The van der Waals surface area contributed by atoms with Gasteiger partial charge in [0.15, 0.2) is 0 Å². The Hall–Kier alpha value is -1.03. The average molecular weight is 250 g/mol. The van der Waals surface area contributed by atoms with Gasteiger partial charge in [0.25, 0.3) is 0 Å². The lowest BCUT2D eigenvalue weighted by molar-refractivity contribution is 0.235. The van der Waals surface area contributed by atoms with Gasteiger partial charge in [-0.2, -0.15) is 5.10 Å². The molecule has 1 aromatic heterocycles. The van der Waals surface area contributed by atoms with E-state index in [0.29, 0.717) is 6.04 Å². The molecule has 18 heavy (non-hydrogen) atoms. The molecule has 0 N–H and O–H groups in total. The van der Waals surface area contributed by atoms with Crippen molar-refractivity contribution < 1.29 is 0 Å². The fourth-order valence-electron chi connectivity index (χ4n) is 2.93. The van der Waals surface area contributed by atoms with Crippen LogP contribution in [0.5, 0.6) is 0 Å². The average Bonchev–Trinajstić information content (AvgIpc) is 2.66. The number of aryl methyl sites for hydroxylation is 1. The molecule has 0 amide bonds. The number of rotatable bonds is 2. The minimum atomic E-state index is 0.142. The van der Waals surface area contributed by atoms with Crippen LogP contribution in [0.3, 0.4) is 0 Å². The molecule has 1 fully saturated rings. The number of nitrogens with zero attached hydrogens (tertiary/aromatic N) is 4.